The van der Waals surface area contributed by atoms with E-state index in [1.165, 1.54) is 10.9 Å². The Hall–Kier alpha value is -3.52. The number of amides is 1. The molecule has 5 atom stereocenters. The van der Waals surface area contributed by atoms with Gasteiger partial charge in [0.25, 0.3) is 0 Å². The standard InChI is InChI=1S/C20H24N4O9/c1-32-11-4-2-10(3-5-11)12-7-24(23-22-12)8-16(28)21-17-13(26)6-15(20(30)31)33-19(17)18(29)14(27)9-25/h2-7,13-14,17-19,25-27,29H,8-9H2,1H3,(H,21,28)(H,30,31)/t13-,14+,17+,18+,19+/m0/s1. The fourth-order valence-electron chi connectivity index (χ4n) is 3.26. The molecule has 13 heteroatoms. The van der Waals surface area contributed by atoms with Gasteiger partial charge in [-0.1, -0.05) is 5.21 Å². The Morgan fingerprint density at radius 3 is 2.58 bits per heavy atom. The number of aliphatic hydroxyl groups excluding tert-OH is 4. The van der Waals surface area contributed by atoms with E-state index in [9.17, 15) is 24.9 Å². The van der Waals surface area contributed by atoms with Crippen LogP contribution in [0.25, 0.3) is 11.3 Å². The van der Waals surface area contributed by atoms with Crippen LogP contribution in [0.5, 0.6) is 5.75 Å². The molecule has 13 nitrogen and oxygen atoms in total. The van der Waals surface area contributed by atoms with Gasteiger partial charge < -0.3 is 40.3 Å². The highest BCUT2D eigenvalue weighted by atomic mass is 16.5. The SMILES string of the molecule is COc1ccc(-c2cn(CC(=O)N[C@H]3[C@H]([C@H](O)[C@H](O)CO)OC(C(=O)O)=C[C@@H]3O)nn2)cc1. The first kappa shape index (κ1) is 24.1. The third-order valence-electron chi connectivity index (χ3n) is 4.99. The molecule has 0 bridgehead atoms. The van der Waals surface area contributed by atoms with Gasteiger partial charge >= 0.3 is 5.97 Å². The molecule has 1 aliphatic heterocycles. The highest BCUT2D eigenvalue weighted by Gasteiger charge is 2.43. The number of methoxy groups -OCH3 is 1. The summed E-state index contributed by atoms with van der Waals surface area (Å²) in [4.78, 5) is 23.8. The molecule has 0 fully saturated rings. The highest BCUT2D eigenvalue weighted by Crippen LogP contribution is 2.23. The van der Waals surface area contributed by atoms with Crippen molar-refractivity contribution in [3.05, 3.63) is 42.3 Å². The van der Waals surface area contributed by atoms with Gasteiger partial charge in [0.2, 0.25) is 11.7 Å². The Kier molecular flexibility index (Phi) is 7.60. The predicted octanol–water partition coefficient (Wildman–Crippen LogP) is -2.12. The average Bonchev–Trinajstić information content (AvgIpc) is 3.27. The van der Waals surface area contributed by atoms with Crippen LogP contribution in [0.4, 0.5) is 0 Å². The summed E-state index contributed by atoms with van der Waals surface area (Å²) in [6, 6.07) is 5.72. The largest absolute Gasteiger partial charge is 0.497 e. The number of nitrogens with one attached hydrogen (secondary N) is 1. The van der Waals surface area contributed by atoms with Crippen LogP contribution in [0.3, 0.4) is 0 Å². The quantitative estimate of drug-likeness (QED) is 0.237. The van der Waals surface area contributed by atoms with Crippen LogP contribution in [-0.4, -0.2) is 96.6 Å². The van der Waals surface area contributed by atoms with Crippen LogP contribution in [0.2, 0.25) is 0 Å². The molecule has 1 aliphatic rings. The van der Waals surface area contributed by atoms with Gasteiger partial charge in [-0.2, -0.15) is 0 Å². The van der Waals surface area contributed by atoms with E-state index in [-0.39, 0.29) is 6.54 Å². The Labute approximate surface area is 187 Å². The predicted molar refractivity (Wildman–Crippen MR) is 110 cm³/mol. The topological polar surface area (TPSA) is 196 Å². The maximum absolute atomic E-state index is 12.6. The molecule has 3 rings (SSSR count). The molecule has 2 heterocycles. The first-order valence-electron chi connectivity index (χ1n) is 9.84. The molecule has 0 radical (unpaired) electrons. The average molecular weight is 464 g/mol. The Bertz CT molecular complexity index is 1010. The lowest BCUT2D eigenvalue weighted by Crippen LogP contribution is -2.60. The van der Waals surface area contributed by atoms with Crippen LogP contribution in [-0.2, 0) is 20.9 Å². The van der Waals surface area contributed by atoms with Gasteiger partial charge in [-0.25, -0.2) is 9.48 Å². The van der Waals surface area contributed by atoms with E-state index >= 15 is 0 Å². The van der Waals surface area contributed by atoms with Crippen LogP contribution < -0.4 is 10.1 Å². The third-order valence-corrected chi connectivity index (χ3v) is 4.99. The molecule has 1 aromatic heterocycles. The summed E-state index contributed by atoms with van der Waals surface area (Å²) in [6.45, 7) is -1.16. The van der Waals surface area contributed by atoms with Gasteiger partial charge in [0, 0.05) is 5.56 Å². The van der Waals surface area contributed by atoms with Gasteiger partial charge in [0.15, 0.2) is 6.10 Å². The first-order chi connectivity index (χ1) is 15.7. The molecule has 33 heavy (non-hydrogen) atoms. The Morgan fingerprint density at radius 2 is 1.97 bits per heavy atom. The number of benzene rings is 1. The van der Waals surface area contributed by atoms with Crippen molar-refractivity contribution in [1.29, 1.82) is 0 Å². The zero-order chi connectivity index (χ0) is 24.1. The molecule has 0 unspecified atom stereocenters. The number of carbonyl (C=O) groups excluding carboxylic acids is 1. The highest BCUT2D eigenvalue weighted by molar-refractivity contribution is 5.84. The number of hydrogen-bond acceptors (Lipinski definition) is 10. The minimum atomic E-state index is -1.80. The molecule has 178 valence electrons. The van der Waals surface area contributed by atoms with E-state index in [0.717, 1.165) is 11.6 Å². The third kappa shape index (κ3) is 5.64. The van der Waals surface area contributed by atoms with Crippen molar-refractivity contribution < 1.29 is 44.6 Å². The second kappa shape index (κ2) is 10.4. The number of rotatable bonds is 9. The lowest BCUT2D eigenvalue weighted by molar-refractivity contribution is -0.149. The van der Waals surface area contributed by atoms with Crippen molar-refractivity contribution in [2.45, 2.75) is 37.0 Å². The summed E-state index contributed by atoms with van der Waals surface area (Å²) in [5.41, 5.74) is 1.24. The molecule has 0 saturated heterocycles. The lowest BCUT2D eigenvalue weighted by Gasteiger charge is -2.38. The van der Waals surface area contributed by atoms with E-state index in [1.807, 2.05) is 0 Å². The van der Waals surface area contributed by atoms with Crippen LogP contribution in [0.15, 0.2) is 42.3 Å². The molecule has 2 aromatic rings. The summed E-state index contributed by atoms with van der Waals surface area (Å²) in [7, 11) is 1.55. The lowest BCUT2D eigenvalue weighted by atomic mass is 9.94. The summed E-state index contributed by atoms with van der Waals surface area (Å²) >= 11 is 0. The van der Waals surface area contributed by atoms with Crippen molar-refractivity contribution in [3.8, 4) is 17.0 Å². The maximum atomic E-state index is 12.6. The van der Waals surface area contributed by atoms with Crippen molar-refractivity contribution in [1.82, 2.24) is 20.3 Å². The zero-order valence-electron chi connectivity index (χ0n) is 17.5. The molecule has 1 amide bonds. The fourth-order valence-corrected chi connectivity index (χ4v) is 3.26. The van der Waals surface area contributed by atoms with Crippen LogP contribution >= 0.6 is 0 Å². The summed E-state index contributed by atoms with van der Waals surface area (Å²) in [6.07, 6.45) is -4.21. The molecule has 0 saturated carbocycles. The number of aliphatic hydroxyl groups is 4. The van der Waals surface area contributed by atoms with Gasteiger partial charge in [-0.3, -0.25) is 4.79 Å². The monoisotopic (exact) mass is 464 g/mol. The summed E-state index contributed by atoms with van der Waals surface area (Å²) < 4.78 is 11.5. The number of hydrogen-bond donors (Lipinski definition) is 6. The molecule has 1 aromatic carbocycles. The van der Waals surface area contributed by atoms with E-state index in [4.69, 9.17) is 19.7 Å². The smallest absolute Gasteiger partial charge is 0.370 e. The van der Waals surface area contributed by atoms with Gasteiger partial charge in [-0.05, 0) is 30.3 Å². The van der Waals surface area contributed by atoms with E-state index < -0.39 is 54.7 Å². The van der Waals surface area contributed by atoms with E-state index in [2.05, 4.69) is 15.6 Å². The zero-order valence-corrected chi connectivity index (χ0v) is 17.5. The molecular formula is C20H24N4O9. The Balaban J connectivity index is 1.72. The summed E-state index contributed by atoms with van der Waals surface area (Å²) in [5.74, 6) is -2.16. The number of aromatic nitrogens is 3. The number of nitrogens with zero attached hydrogens (tertiary/aromatic N) is 3. The van der Waals surface area contributed by atoms with Crippen molar-refractivity contribution in [2.24, 2.45) is 0 Å². The molecule has 0 spiro atoms. The Morgan fingerprint density at radius 1 is 1.27 bits per heavy atom. The number of carboxylic acids is 1. The van der Waals surface area contributed by atoms with Crippen LogP contribution in [0.1, 0.15) is 0 Å². The van der Waals surface area contributed by atoms with Gasteiger partial charge in [0.1, 0.15) is 36.3 Å². The second-order valence-electron chi connectivity index (χ2n) is 7.27. The van der Waals surface area contributed by atoms with Crippen LogP contribution in [0, 0.1) is 0 Å². The molecular weight excluding hydrogens is 440 g/mol. The minimum Gasteiger partial charge on any atom is -0.497 e. The number of ether oxygens (including phenoxy) is 2. The molecule has 0 aliphatic carbocycles. The number of carboxylic acid groups (broad SMARTS) is 1. The summed E-state index contributed by atoms with van der Waals surface area (Å²) in [5, 5.41) is 58.9. The first-order valence-corrected chi connectivity index (χ1v) is 9.84. The van der Waals surface area contributed by atoms with Gasteiger partial charge in [0.05, 0.1) is 26.0 Å². The van der Waals surface area contributed by atoms with Crippen molar-refractivity contribution in [2.75, 3.05) is 13.7 Å². The molecule has 6 N–H and O–H groups in total. The van der Waals surface area contributed by atoms with Crippen molar-refractivity contribution >= 4 is 11.9 Å². The fraction of sp³-hybridized carbons (Fsp3) is 0.400. The maximum Gasteiger partial charge on any atom is 0.370 e. The number of carbonyl (C=O) groups is 2. The number of aliphatic carboxylic acids is 1. The normalized spacial score (nSPS) is 22.0. The van der Waals surface area contributed by atoms with E-state index in [0.29, 0.717) is 11.4 Å². The van der Waals surface area contributed by atoms with E-state index in [1.54, 1.807) is 31.4 Å². The second-order valence-corrected chi connectivity index (χ2v) is 7.27. The van der Waals surface area contributed by atoms with Gasteiger partial charge in [-0.15, -0.1) is 5.10 Å². The minimum absolute atomic E-state index is 0.312. The van der Waals surface area contributed by atoms with Crippen molar-refractivity contribution in [3.63, 3.8) is 0 Å².